The van der Waals surface area contributed by atoms with Gasteiger partial charge >= 0.3 is 26.2 Å². The van der Waals surface area contributed by atoms with Gasteiger partial charge in [0.2, 0.25) is 0 Å². The van der Waals surface area contributed by atoms with Gasteiger partial charge in [0.1, 0.15) is 0 Å². The predicted molar refractivity (Wildman–Crippen MR) is 140 cm³/mol. The molecule has 2 fully saturated rings. The summed E-state index contributed by atoms with van der Waals surface area (Å²) in [5.41, 5.74) is 0.660. The molecular formula is C23H54Si4Zr+2. The summed E-state index contributed by atoms with van der Waals surface area (Å²) in [4.78, 5) is 0. The Balaban J connectivity index is 0. The van der Waals surface area contributed by atoms with E-state index >= 15 is 0 Å². The van der Waals surface area contributed by atoms with Gasteiger partial charge in [-0.3, -0.25) is 0 Å². The summed E-state index contributed by atoms with van der Waals surface area (Å²) in [6.07, 6.45) is 12.1. The van der Waals surface area contributed by atoms with Crippen LogP contribution < -0.4 is 0 Å². The molecule has 0 aliphatic heterocycles. The topological polar surface area (TPSA) is 0 Å². The molecule has 0 unspecified atom stereocenters. The zero-order chi connectivity index (χ0) is 20.4. The smallest absolute Gasteiger partial charge is 0.358 e. The Morgan fingerprint density at radius 3 is 0.929 bits per heavy atom. The van der Waals surface area contributed by atoms with Gasteiger partial charge in [0.15, 0.2) is 0 Å². The van der Waals surface area contributed by atoms with Crippen LogP contribution in [-0.2, 0) is 26.2 Å². The van der Waals surface area contributed by atoms with E-state index in [1.807, 2.05) is 0 Å². The zero-order valence-electron chi connectivity index (χ0n) is 21.8. The fraction of sp³-hybridized carbons (Fsp3) is 0.957. The second-order valence-electron chi connectivity index (χ2n) is 12.9. The van der Waals surface area contributed by atoms with Crippen LogP contribution in [0.5, 0.6) is 0 Å². The number of hydrogen-bond donors (Lipinski definition) is 0. The maximum absolute atomic E-state index is 2.61. The molecule has 0 saturated heterocycles. The molecule has 164 valence electrons. The van der Waals surface area contributed by atoms with Crippen LogP contribution in [-0.4, -0.2) is 30.1 Å². The van der Waals surface area contributed by atoms with Gasteiger partial charge in [0.25, 0.3) is 0 Å². The summed E-state index contributed by atoms with van der Waals surface area (Å²) < 4.78 is 0. The van der Waals surface area contributed by atoms with Crippen molar-refractivity contribution in [1.29, 1.82) is 0 Å². The fourth-order valence-corrected chi connectivity index (χ4v) is 94.8. The third kappa shape index (κ3) is 9.49. The molecule has 0 atom stereocenters. The molecule has 0 heterocycles. The molecule has 28 heavy (non-hydrogen) atoms. The van der Waals surface area contributed by atoms with E-state index in [1.165, 1.54) is 51.4 Å². The Bertz CT molecular complexity index is 366. The van der Waals surface area contributed by atoms with Crippen molar-refractivity contribution in [2.45, 2.75) is 124 Å². The molecule has 2 saturated carbocycles. The molecule has 0 spiro atoms. The van der Waals surface area contributed by atoms with Crippen molar-refractivity contribution < 1.29 is 26.2 Å². The summed E-state index contributed by atoms with van der Waals surface area (Å²) in [5, 5.41) is 0. The van der Waals surface area contributed by atoms with Crippen molar-refractivity contribution in [2.75, 3.05) is 0 Å². The summed E-state index contributed by atoms with van der Waals surface area (Å²) in [6, 6.07) is 0. The van der Waals surface area contributed by atoms with Gasteiger partial charge in [0.05, 0.1) is 0 Å². The van der Waals surface area contributed by atoms with Gasteiger partial charge in [-0.2, -0.15) is 0 Å². The molecule has 0 bridgehead atoms. The average Bonchev–Trinajstić information content (AvgIpc) is 3.08. The van der Waals surface area contributed by atoms with Gasteiger partial charge in [-0.25, -0.2) is 0 Å². The van der Waals surface area contributed by atoms with E-state index in [0.717, 1.165) is 11.8 Å². The molecule has 2 radical (unpaired) electrons. The molecule has 2 aliphatic carbocycles. The van der Waals surface area contributed by atoms with Crippen LogP contribution in [0.25, 0.3) is 0 Å². The molecular weight excluding hydrogens is 480 g/mol. The monoisotopic (exact) mass is 532 g/mol. The number of rotatable bonds is 5. The summed E-state index contributed by atoms with van der Waals surface area (Å²) in [5.74, 6) is 2.10. The Labute approximate surface area is 204 Å². The van der Waals surface area contributed by atoms with E-state index < -0.39 is 22.8 Å². The molecule has 0 aromatic rings. The standard InChI is InChI=1S/C13H24.C9H27Si4.CH3.Zr/c1-13(2,11-7-3-4-8-11)12-9-5-6-10-12;1-11(2,3)10(12(4,5)6)13(7,8)9;;/h11-12H,3-10H2,1-2H3;1-9H3;1H3;/q;;-1;+3. The molecule has 0 aromatic heterocycles. The normalized spacial score (nSPS) is 19.7. The fourth-order valence-electron chi connectivity index (χ4n) is 7.05. The minimum absolute atomic E-state index is 0. The Morgan fingerprint density at radius 2 is 0.786 bits per heavy atom. The molecule has 2 rings (SSSR count). The zero-order valence-corrected chi connectivity index (χ0v) is 28.3. The molecule has 0 N–H and O–H groups in total. The van der Waals surface area contributed by atoms with E-state index in [-0.39, 0.29) is 41.0 Å². The molecule has 0 amide bonds. The van der Waals surface area contributed by atoms with Gasteiger partial charge in [-0.1, -0.05) is 98.5 Å². The molecule has 0 aromatic carbocycles. The van der Waals surface area contributed by atoms with Crippen molar-refractivity contribution in [1.82, 2.24) is 0 Å². The second kappa shape index (κ2) is 12.1. The Hall–Kier alpha value is 1.75. The molecule has 0 nitrogen and oxygen atoms in total. The second-order valence-corrected chi connectivity index (χ2v) is 49.7. The third-order valence-electron chi connectivity index (χ3n) is 7.06. The van der Waals surface area contributed by atoms with Crippen molar-refractivity contribution >= 4 is 30.1 Å². The van der Waals surface area contributed by atoms with Gasteiger partial charge in [0, 0.05) is 30.1 Å². The van der Waals surface area contributed by atoms with E-state index in [0.29, 0.717) is 5.41 Å². The maximum Gasteiger partial charge on any atom is 3.00 e. The van der Waals surface area contributed by atoms with E-state index in [9.17, 15) is 0 Å². The van der Waals surface area contributed by atoms with Crippen molar-refractivity contribution in [3.63, 3.8) is 0 Å². The largest absolute Gasteiger partial charge is 3.00 e. The Kier molecular flexibility index (Phi) is 13.8. The van der Waals surface area contributed by atoms with E-state index in [1.54, 1.807) is 0 Å². The summed E-state index contributed by atoms with van der Waals surface area (Å²) >= 11 is 0. The van der Waals surface area contributed by atoms with Crippen LogP contribution in [0.15, 0.2) is 0 Å². The van der Waals surface area contributed by atoms with Crippen LogP contribution >= 0.6 is 0 Å². The quantitative estimate of drug-likeness (QED) is 0.245. The molecule has 2 aliphatic rings. The van der Waals surface area contributed by atoms with E-state index in [2.05, 4.69) is 72.8 Å². The summed E-state index contributed by atoms with van der Waals surface area (Å²) in [7, 11) is -2.47. The van der Waals surface area contributed by atoms with Crippen LogP contribution in [0.4, 0.5) is 0 Å². The van der Waals surface area contributed by atoms with Crippen LogP contribution in [0.2, 0.25) is 58.9 Å². The maximum atomic E-state index is 2.61. The van der Waals surface area contributed by atoms with Crippen LogP contribution in [0.3, 0.4) is 0 Å². The minimum atomic E-state index is -0.832. The van der Waals surface area contributed by atoms with Crippen molar-refractivity contribution in [2.24, 2.45) is 17.3 Å². The minimum Gasteiger partial charge on any atom is -0.358 e. The number of hydrogen-bond acceptors (Lipinski definition) is 0. The average molecular weight is 534 g/mol. The predicted octanol–water partition coefficient (Wildman–Crippen LogP) is 8.57. The Morgan fingerprint density at radius 1 is 0.571 bits per heavy atom. The van der Waals surface area contributed by atoms with Crippen molar-refractivity contribution in [3.8, 4) is 0 Å². The third-order valence-corrected chi connectivity index (χ3v) is 65.6. The summed E-state index contributed by atoms with van der Waals surface area (Å²) in [6.45, 7) is 28.6. The van der Waals surface area contributed by atoms with E-state index in [4.69, 9.17) is 0 Å². The first kappa shape index (κ1) is 31.9. The first-order valence-electron chi connectivity index (χ1n) is 11.5. The van der Waals surface area contributed by atoms with Gasteiger partial charge < -0.3 is 7.43 Å². The van der Waals surface area contributed by atoms with Crippen LogP contribution in [0.1, 0.15) is 65.2 Å². The van der Waals surface area contributed by atoms with Crippen LogP contribution in [0, 0.1) is 24.7 Å². The van der Waals surface area contributed by atoms with Crippen molar-refractivity contribution in [3.05, 3.63) is 7.43 Å². The first-order valence-corrected chi connectivity index (χ1v) is 26.5. The molecule has 5 heteroatoms. The first-order chi connectivity index (χ1) is 11.6. The SMILES string of the molecule is CC(C)(C1CCCC1)C1CCCC1.C[Si](C)(C)[Si]([Si](C)(C)C)[Si](C)(C)C.[CH3-].[Zr+3]. The van der Waals surface area contributed by atoms with Gasteiger partial charge in [-0.05, 0) is 42.9 Å². The van der Waals surface area contributed by atoms with Gasteiger partial charge in [-0.15, -0.1) is 0 Å².